The van der Waals surface area contributed by atoms with Crippen molar-refractivity contribution in [1.82, 2.24) is 0 Å². The van der Waals surface area contributed by atoms with Gasteiger partial charge >= 0.3 is 0 Å². The van der Waals surface area contributed by atoms with E-state index in [1.165, 1.54) is 12.2 Å². The van der Waals surface area contributed by atoms with E-state index in [9.17, 15) is 0 Å². The van der Waals surface area contributed by atoms with Gasteiger partial charge in [0.2, 0.25) is 0 Å². The van der Waals surface area contributed by atoms with Crippen molar-refractivity contribution in [2.45, 2.75) is 25.8 Å². The van der Waals surface area contributed by atoms with Gasteiger partial charge in [-0.15, -0.1) is 0 Å². The summed E-state index contributed by atoms with van der Waals surface area (Å²) >= 11 is 1.92. The lowest BCUT2D eigenvalue weighted by molar-refractivity contribution is 0.845. The van der Waals surface area contributed by atoms with Crippen molar-refractivity contribution in [1.29, 1.82) is 0 Å². The third kappa shape index (κ3) is 8.31. The standard InChI is InChI=1S/C7H16NS/c1-3-4-5-9-6-7(2)8/h7H,1,3-6,8H2,2H3. The smallest absolute Gasteiger partial charge is 0.0101 e. The maximum atomic E-state index is 5.54. The molecule has 1 radical (unpaired) electrons. The van der Waals surface area contributed by atoms with E-state index in [2.05, 4.69) is 6.92 Å². The van der Waals surface area contributed by atoms with Gasteiger partial charge in [-0.3, -0.25) is 0 Å². The molecule has 2 heteroatoms. The van der Waals surface area contributed by atoms with Gasteiger partial charge in [0.05, 0.1) is 0 Å². The summed E-state index contributed by atoms with van der Waals surface area (Å²) in [5.74, 6) is 2.30. The highest BCUT2D eigenvalue weighted by Crippen LogP contribution is 2.04. The summed E-state index contributed by atoms with van der Waals surface area (Å²) in [6, 6.07) is 0.347. The topological polar surface area (TPSA) is 26.0 Å². The molecular formula is C7H16NS. The van der Waals surface area contributed by atoms with Gasteiger partial charge in [0.15, 0.2) is 0 Å². The van der Waals surface area contributed by atoms with Gasteiger partial charge in [-0.05, 0) is 19.1 Å². The van der Waals surface area contributed by atoms with E-state index in [0.717, 1.165) is 12.2 Å². The van der Waals surface area contributed by atoms with Crippen LogP contribution in [0.3, 0.4) is 0 Å². The van der Waals surface area contributed by atoms with Crippen molar-refractivity contribution < 1.29 is 0 Å². The molecule has 1 atom stereocenters. The number of unbranched alkanes of at least 4 members (excludes halogenated alkanes) is 1. The molecule has 0 aliphatic heterocycles. The Hall–Kier alpha value is 0.310. The van der Waals surface area contributed by atoms with Crippen LogP contribution in [0.4, 0.5) is 0 Å². The van der Waals surface area contributed by atoms with Gasteiger partial charge < -0.3 is 5.73 Å². The molecule has 9 heavy (non-hydrogen) atoms. The molecule has 55 valence electrons. The Morgan fingerprint density at radius 1 is 1.67 bits per heavy atom. The van der Waals surface area contributed by atoms with Gasteiger partial charge in [0.25, 0.3) is 0 Å². The molecule has 0 bridgehead atoms. The van der Waals surface area contributed by atoms with Crippen molar-refractivity contribution in [3.63, 3.8) is 0 Å². The zero-order valence-electron chi connectivity index (χ0n) is 6.10. The summed E-state index contributed by atoms with van der Waals surface area (Å²) in [5, 5.41) is 0. The second-order valence-corrected chi connectivity index (χ2v) is 3.41. The second kappa shape index (κ2) is 6.43. The first-order chi connectivity index (χ1) is 4.27. The molecule has 0 aromatic carbocycles. The Morgan fingerprint density at radius 3 is 2.78 bits per heavy atom. The summed E-state index contributed by atoms with van der Waals surface area (Å²) in [6.07, 6.45) is 2.27. The Morgan fingerprint density at radius 2 is 2.33 bits per heavy atom. The second-order valence-electron chi connectivity index (χ2n) is 2.26. The largest absolute Gasteiger partial charge is 0.327 e. The van der Waals surface area contributed by atoms with E-state index in [0.29, 0.717) is 6.04 Å². The monoisotopic (exact) mass is 146 g/mol. The van der Waals surface area contributed by atoms with Gasteiger partial charge in [-0.2, -0.15) is 11.8 Å². The van der Waals surface area contributed by atoms with Crippen molar-refractivity contribution in [2.24, 2.45) is 5.73 Å². The van der Waals surface area contributed by atoms with E-state index >= 15 is 0 Å². The molecule has 0 rings (SSSR count). The third-order valence-electron chi connectivity index (χ3n) is 0.919. The maximum absolute atomic E-state index is 5.54. The Kier molecular flexibility index (Phi) is 6.65. The molecule has 0 aromatic heterocycles. The molecule has 0 saturated carbocycles. The Balaban J connectivity index is 2.75. The van der Waals surface area contributed by atoms with Gasteiger partial charge in [0.1, 0.15) is 0 Å². The fourth-order valence-electron chi connectivity index (χ4n) is 0.473. The molecule has 1 unspecified atom stereocenters. The minimum atomic E-state index is 0.347. The number of nitrogens with two attached hydrogens (primary N) is 1. The maximum Gasteiger partial charge on any atom is 0.0101 e. The normalized spacial score (nSPS) is 13.7. The molecule has 2 N–H and O–H groups in total. The summed E-state index contributed by atoms with van der Waals surface area (Å²) in [5.41, 5.74) is 5.54. The zero-order valence-corrected chi connectivity index (χ0v) is 6.91. The molecular weight excluding hydrogens is 130 g/mol. The van der Waals surface area contributed by atoms with E-state index in [-0.39, 0.29) is 0 Å². The van der Waals surface area contributed by atoms with Crippen LogP contribution in [0.25, 0.3) is 0 Å². The van der Waals surface area contributed by atoms with Crippen molar-refractivity contribution >= 4 is 11.8 Å². The fourth-order valence-corrected chi connectivity index (χ4v) is 1.42. The third-order valence-corrected chi connectivity index (χ3v) is 2.26. The predicted octanol–water partition coefficient (Wildman–Crippen LogP) is 1.68. The molecule has 0 spiro atoms. The van der Waals surface area contributed by atoms with Crippen LogP contribution in [-0.4, -0.2) is 17.5 Å². The first kappa shape index (κ1) is 9.31. The lowest BCUT2D eigenvalue weighted by atomic mass is 10.4. The summed E-state index contributed by atoms with van der Waals surface area (Å²) in [4.78, 5) is 0. The Bertz CT molecular complexity index is 54.9. The zero-order chi connectivity index (χ0) is 7.11. The molecule has 0 saturated heterocycles. The summed E-state index contributed by atoms with van der Waals surface area (Å²) in [7, 11) is 0. The highest BCUT2D eigenvalue weighted by atomic mass is 32.2. The van der Waals surface area contributed by atoms with Crippen molar-refractivity contribution in [3.05, 3.63) is 6.92 Å². The SMILES string of the molecule is [CH2]CCCSCC(C)N. The Labute approximate surface area is 62.4 Å². The van der Waals surface area contributed by atoms with Gasteiger partial charge in [-0.1, -0.05) is 13.3 Å². The molecule has 0 aliphatic carbocycles. The fraction of sp³-hybridized carbons (Fsp3) is 0.857. The average molecular weight is 146 g/mol. The average Bonchev–Trinajstić information content (AvgIpc) is 1.80. The van der Waals surface area contributed by atoms with E-state index in [4.69, 9.17) is 5.73 Å². The predicted molar refractivity (Wildman–Crippen MR) is 45.6 cm³/mol. The first-order valence-electron chi connectivity index (χ1n) is 3.40. The van der Waals surface area contributed by atoms with Crippen LogP contribution in [0.5, 0.6) is 0 Å². The van der Waals surface area contributed by atoms with Crippen LogP contribution in [0.1, 0.15) is 19.8 Å². The van der Waals surface area contributed by atoms with Crippen molar-refractivity contribution in [2.75, 3.05) is 11.5 Å². The van der Waals surface area contributed by atoms with Gasteiger partial charge in [0, 0.05) is 11.8 Å². The lowest BCUT2D eigenvalue weighted by Crippen LogP contribution is -2.17. The van der Waals surface area contributed by atoms with Crippen LogP contribution in [0.15, 0.2) is 0 Å². The molecule has 0 heterocycles. The van der Waals surface area contributed by atoms with Crippen LogP contribution in [0.2, 0.25) is 0 Å². The summed E-state index contributed by atoms with van der Waals surface area (Å²) < 4.78 is 0. The molecule has 0 fully saturated rings. The van der Waals surface area contributed by atoms with E-state index < -0.39 is 0 Å². The number of hydrogen-bond acceptors (Lipinski definition) is 2. The van der Waals surface area contributed by atoms with E-state index in [1.54, 1.807) is 0 Å². The highest BCUT2D eigenvalue weighted by molar-refractivity contribution is 7.99. The number of thioether (sulfide) groups is 1. The van der Waals surface area contributed by atoms with Crippen LogP contribution < -0.4 is 5.73 Å². The molecule has 0 aliphatic rings. The number of rotatable bonds is 5. The minimum absolute atomic E-state index is 0.347. The lowest BCUT2D eigenvalue weighted by Gasteiger charge is -2.02. The molecule has 1 nitrogen and oxygen atoms in total. The van der Waals surface area contributed by atoms with Gasteiger partial charge in [-0.25, -0.2) is 0 Å². The highest BCUT2D eigenvalue weighted by Gasteiger charge is 1.92. The summed E-state index contributed by atoms with van der Waals surface area (Å²) in [6.45, 7) is 5.80. The first-order valence-corrected chi connectivity index (χ1v) is 4.55. The molecule has 0 amide bonds. The minimum Gasteiger partial charge on any atom is -0.327 e. The van der Waals surface area contributed by atoms with Crippen LogP contribution >= 0.6 is 11.8 Å². The van der Waals surface area contributed by atoms with Crippen LogP contribution in [0, 0.1) is 6.92 Å². The van der Waals surface area contributed by atoms with Crippen LogP contribution in [-0.2, 0) is 0 Å². The number of hydrogen-bond donors (Lipinski definition) is 1. The quantitative estimate of drug-likeness (QED) is 0.597. The molecule has 0 aromatic rings. The van der Waals surface area contributed by atoms with E-state index in [1.807, 2.05) is 18.7 Å². The van der Waals surface area contributed by atoms with Crippen molar-refractivity contribution in [3.8, 4) is 0 Å².